The fraction of sp³-hybridized carbons (Fsp3) is 0. The molecule has 5 nitrogen and oxygen atoms in total. The van der Waals surface area contributed by atoms with Crippen LogP contribution in [0.1, 0.15) is 5.56 Å². The third-order valence-electron chi connectivity index (χ3n) is 2.45. The van der Waals surface area contributed by atoms with Crippen molar-refractivity contribution in [2.24, 2.45) is 4.99 Å². The van der Waals surface area contributed by atoms with Gasteiger partial charge in [0.15, 0.2) is 0 Å². The van der Waals surface area contributed by atoms with Crippen LogP contribution in [0.2, 0.25) is 5.02 Å². The number of benzene rings is 2. The van der Waals surface area contributed by atoms with E-state index in [2.05, 4.69) is 4.99 Å². The molecule has 0 spiro atoms. The Hall–Kier alpha value is -2.40. The van der Waals surface area contributed by atoms with Crippen LogP contribution < -0.4 is 5.73 Å². The standard InChI is InChI=1S/C13H10ClN3O2/c14-10-3-1-9(2-4-10)8-16-13-7-11(17(18)19)5-6-12(13)15/h1-8H,15H2. The van der Waals surface area contributed by atoms with E-state index in [0.717, 1.165) is 5.56 Å². The molecule has 0 atom stereocenters. The van der Waals surface area contributed by atoms with Gasteiger partial charge in [0.05, 0.1) is 16.3 Å². The minimum Gasteiger partial charge on any atom is -0.397 e. The molecular weight excluding hydrogens is 266 g/mol. The van der Waals surface area contributed by atoms with Crippen LogP contribution in [0.15, 0.2) is 47.5 Å². The molecule has 0 aromatic heterocycles. The summed E-state index contributed by atoms with van der Waals surface area (Å²) in [5.74, 6) is 0. The highest BCUT2D eigenvalue weighted by Gasteiger charge is 2.07. The minimum atomic E-state index is -0.485. The van der Waals surface area contributed by atoms with Gasteiger partial charge in [0.25, 0.3) is 5.69 Å². The summed E-state index contributed by atoms with van der Waals surface area (Å²) in [6.45, 7) is 0. The summed E-state index contributed by atoms with van der Waals surface area (Å²) in [6.07, 6.45) is 1.58. The first-order chi connectivity index (χ1) is 9.06. The largest absolute Gasteiger partial charge is 0.397 e. The van der Waals surface area contributed by atoms with Crippen molar-refractivity contribution in [2.75, 3.05) is 5.73 Å². The second-order valence-electron chi connectivity index (χ2n) is 3.81. The number of aliphatic imine (C=N–C) groups is 1. The first kappa shape index (κ1) is 13.0. The van der Waals surface area contributed by atoms with Gasteiger partial charge in [-0.1, -0.05) is 23.7 Å². The second kappa shape index (κ2) is 5.49. The van der Waals surface area contributed by atoms with E-state index in [9.17, 15) is 10.1 Å². The molecule has 0 saturated carbocycles. The lowest BCUT2D eigenvalue weighted by Crippen LogP contribution is -1.91. The Kier molecular flexibility index (Phi) is 3.77. The summed E-state index contributed by atoms with van der Waals surface area (Å²) >= 11 is 5.77. The Morgan fingerprint density at radius 1 is 1.21 bits per heavy atom. The van der Waals surface area contributed by atoms with Gasteiger partial charge in [-0.2, -0.15) is 0 Å². The van der Waals surface area contributed by atoms with E-state index in [-0.39, 0.29) is 5.69 Å². The minimum absolute atomic E-state index is 0.0440. The first-order valence-electron chi connectivity index (χ1n) is 5.40. The third-order valence-corrected chi connectivity index (χ3v) is 2.70. The maximum absolute atomic E-state index is 10.7. The average molecular weight is 276 g/mol. The Balaban J connectivity index is 2.29. The fourth-order valence-corrected chi connectivity index (χ4v) is 1.58. The van der Waals surface area contributed by atoms with Gasteiger partial charge in [-0.05, 0) is 23.8 Å². The van der Waals surface area contributed by atoms with Gasteiger partial charge in [0.2, 0.25) is 0 Å². The summed E-state index contributed by atoms with van der Waals surface area (Å²) in [7, 11) is 0. The van der Waals surface area contributed by atoms with Crippen molar-refractivity contribution in [3.63, 3.8) is 0 Å². The van der Waals surface area contributed by atoms with E-state index in [1.54, 1.807) is 30.5 Å². The Bertz CT molecular complexity index is 639. The predicted molar refractivity (Wildman–Crippen MR) is 76.2 cm³/mol. The lowest BCUT2D eigenvalue weighted by molar-refractivity contribution is -0.384. The van der Waals surface area contributed by atoms with Crippen LogP contribution >= 0.6 is 11.6 Å². The van der Waals surface area contributed by atoms with Crippen LogP contribution in [-0.4, -0.2) is 11.1 Å². The summed E-state index contributed by atoms with van der Waals surface area (Å²) in [5.41, 5.74) is 7.26. The number of hydrogen-bond acceptors (Lipinski definition) is 4. The molecule has 0 fully saturated rings. The molecule has 0 bridgehead atoms. The molecular formula is C13H10ClN3O2. The van der Waals surface area contributed by atoms with Crippen molar-refractivity contribution in [2.45, 2.75) is 0 Å². The van der Waals surface area contributed by atoms with Gasteiger partial charge in [0, 0.05) is 23.4 Å². The van der Waals surface area contributed by atoms with E-state index in [1.165, 1.54) is 18.2 Å². The molecule has 2 aromatic rings. The van der Waals surface area contributed by atoms with Gasteiger partial charge in [0.1, 0.15) is 0 Å². The molecule has 0 saturated heterocycles. The zero-order chi connectivity index (χ0) is 13.8. The van der Waals surface area contributed by atoms with Gasteiger partial charge in [-0.25, -0.2) is 0 Å². The number of nitrogens with two attached hydrogens (primary N) is 1. The maximum Gasteiger partial charge on any atom is 0.271 e. The van der Waals surface area contributed by atoms with Crippen LogP contribution in [-0.2, 0) is 0 Å². The molecule has 2 rings (SSSR count). The number of nitrogen functional groups attached to an aromatic ring is 1. The van der Waals surface area contributed by atoms with E-state index < -0.39 is 4.92 Å². The zero-order valence-corrected chi connectivity index (χ0v) is 10.5. The number of hydrogen-bond donors (Lipinski definition) is 1. The number of rotatable bonds is 3. The second-order valence-corrected chi connectivity index (χ2v) is 4.25. The van der Waals surface area contributed by atoms with E-state index in [4.69, 9.17) is 17.3 Å². The Morgan fingerprint density at radius 2 is 1.89 bits per heavy atom. The Morgan fingerprint density at radius 3 is 2.53 bits per heavy atom. The van der Waals surface area contributed by atoms with Crippen LogP contribution in [0.5, 0.6) is 0 Å². The number of non-ortho nitro benzene ring substituents is 1. The highest BCUT2D eigenvalue weighted by molar-refractivity contribution is 6.30. The normalized spacial score (nSPS) is 10.8. The molecule has 2 N–H and O–H groups in total. The van der Waals surface area contributed by atoms with Gasteiger partial charge >= 0.3 is 0 Å². The van der Waals surface area contributed by atoms with E-state index >= 15 is 0 Å². The van der Waals surface area contributed by atoms with Crippen molar-refractivity contribution in [3.8, 4) is 0 Å². The molecule has 6 heteroatoms. The molecule has 0 unspecified atom stereocenters. The number of nitro benzene ring substituents is 1. The summed E-state index contributed by atoms with van der Waals surface area (Å²) in [5, 5.41) is 11.3. The molecule has 0 aliphatic rings. The zero-order valence-electron chi connectivity index (χ0n) is 9.79. The molecule has 19 heavy (non-hydrogen) atoms. The summed E-state index contributed by atoms with van der Waals surface area (Å²) in [4.78, 5) is 14.3. The van der Waals surface area contributed by atoms with Crippen LogP contribution in [0.25, 0.3) is 0 Å². The van der Waals surface area contributed by atoms with Crippen molar-refractivity contribution in [3.05, 3.63) is 63.2 Å². The summed E-state index contributed by atoms with van der Waals surface area (Å²) < 4.78 is 0. The topological polar surface area (TPSA) is 81.5 Å². The fourth-order valence-electron chi connectivity index (χ4n) is 1.45. The Labute approximate surface area is 114 Å². The monoisotopic (exact) mass is 275 g/mol. The van der Waals surface area contributed by atoms with Gasteiger partial charge < -0.3 is 5.73 Å². The van der Waals surface area contributed by atoms with Crippen LogP contribution in [0.3, 0.4) is 0 Å². The lowest BCUT2D eigenvalue weighted by Gasteiger charge is -2.00. The number of halogens is 1. The number of nitro groups is 1. The number of nitrogens with zero attached hydrogens (tertiary/aromatic N) is 2. The van der Waals surface area contributed by atoms with Crippen LogP contribution in [0, 0.1) is 10.1 Å². The quantitative estimate of drug-likeness (QED) is 0.402. The average Bonchev–Trinajstić information content (AvgIpc) is 2.39. The molecule has 0 radical (unpaired) electrons. The SMILES string of the molecule is Nc1ccc([N+](=O)[O-])cc1N=Cc1ccc(Cl)cc1. The predicted octanol–water partition coefficient (Wildman–Crippen LogP) is 3.58. The van der Waals surface area contributed by atoms with Crippen LogP contribution in [0.4, 0.5) is 17.1 Å². The van der Waals surface area contributed by atoms with E-state index in [1.807, 2.05) is 0 Å². The molecule has 0 amide bonds. The van der Waals surface area contributed by atoms with E-state index in [0.29, 0.717) is 16.4 Å². The van der Waals surface area contributed by atoms with Gasteiger partial charge in [-0.15, -0.1) is 0 Å². The molecule has 0 aliphatic carbocycles. The van der Waals surface area contributed by atoms with Crippen molar-refractivity contribution in [1.29, 1.82) is 0 Å². The summed E-state index contributed by atoms with van der Waals surface area (Å²) in [6, 6.07) is 11.2. The van der Waals surface area contributed by atoms with Crippen molar-refractivity contribution >= 4 is 34.9 Å². The lowest BCUT2D eigenvalue weighted by atomic mass is 10.2. The smallest absolute Gasteiger partial charge is 0.271 e. The number of anilines is 1. The first-order valence-corrected chi connectivity index (χ1v) is 5.77. The highest BCUT2D eigenvalue weighted by atomic mass is 35.5. The molecule has 96 valence electrons. The molecule has 0 aliphatic heterocycles. The van der Waals surface area contributed by atoms with Gasteiger partial charge in [-0.3, -0.25) is 15.1 Å². The maximum atomic E-state index is 10.7. The third kappa shape index (κ3) is 3.29. The highest BCUT2D eigenvalue weighted by Crippen LogP contribution is 2.27. The molecule has 2 aromatic carbocycles. The molecule has 0 heterocycles. The van der Waals surface area contributed by atoms with Crippen molar-refractivity contribution in [1.82, 2.24) is 0 Å². The van der Waals surface area contributed by atoms with Crippen molar-refractivity contribution < 1.29 is 4.92 Å².